The second-order valence-corrected chi connectivity index (χ2v) is 7.22. The Morgan fingerprint density at radius 3 is 2.43 bits per heavy atom. The van der Waals surface area contributed by atoms with Gasteiger partial charge in [-0.3, -0.25) is 0 Å². The fourth-order valence-electron chi connectivity index (χ4n) is 2.08. The molecule has 2 N–H and O–H groups in total. The molecule has 2 rings (SSSR count). The number of halogens is 2. The van der Waals surface area contributed by atoms with Crippen molar-refractivity contribution in [3.05, 3.63) is 27.7 Å². The van der Waals surface area contributed by atoms with E-state index in [1.165, 1.54) is 12.1 Å². The van der Waals surface area contributed by atoms with Crippen LogP contribution in [0.5, 0.6) is 0 Å². The minimum Gasteiger partial charge on any atom is -0.392 e. The van der Waals surface area contributed by atoms with E-state index in [1.54, 1.807) is 0 Å². The van der Waals surface area contributed by atoms with Gasteiger partial charge < -0.3 is 10.2 Å². The Labute approximate surface area is 133 Å². The summed E-state index contributed by atoms with van der Waals surface area (Å²) in [7, 11) is -3.86. The maximum Gasteiger partial charge on any atom is 0.246 e. The van der Waals surface area contributed by atoms with E-state index in [2.05, 4.69) is 11.8 Å². The summed E-state index contributed by atoms with van der Waals surface area (Å²) in [6.45, 7) is -0.0652. The average molecular weight is 350 g/mol. The lowest BCUT2D eigenvalue weighted by Gasteiger charge is -2.17. The molecule has 1 aliphatic rings. The summed E-state index contributed by atoms with van der Waals surface area (Å²) in [5.74, 6) is 5.05. The Bertz CT molecular complexity index is 686. The Kier molecular flexibility index (Phi) is 5.15. The third kappa shape index (κ3) is 3.51. The molecule has 114 valence electrons. The number of rotatable bonds is 2. The second kappa shape index (κ2) is 6.53. The maximum absolute atomic E-state index is 12.5. The quantitative estimate of drug-likeness (QED) is 0.783. The fraction of sp³-hybridized carbons (Fsp3) is 0.385. The number of β-amino-alcohol motifs (C(OH)–C–C–N with tert-alkyl or cyclic N) is 1. The van der Waals surface area contributed by atoms with Crippen molar-refractivity contribution in [2.24, 2.45) is 0 Å². The van der Waals surface area contributed by atoms with E-state index >= 15 is 0 Å². The highest BCUT2D eigenvalue weighted by atomic mass is 35.5. The molecule has 0 bridgehead atoms. The van der Waals surface area contributed by atoms with Gasteiger partial charge in [0.25, 0.3) is 0 Å². The van der Waals surface area contributed by atoms with Gasteiger partial charge in [-0.05, 0) is 18.6 Å². The van der Waals surface area contributed by atoms with Crippen LogP contribution in [0, 0.1) is 11.8 Å². The van der Waals surface area contributed by atoms with E-state index in [0.29, 0.717) is 12.0 Å². The van der Waals surface area contributed by atoms with E-state index in [1.807, 2.05) is 0 Å². The molecule has 1 atom stereocenters. The summed E-state index contributed by atoms with van der Waals surface area (Å²) in [4.78, 5) is -0.186. The minimum atomic E-state index is -3.86. The first-order chi connectivity index (χ1) is 9.86. The molecule has 1 fully saturated rings. The first kappa shape index (κ1) is 16.6. The molecule has 0 spiro atoms. The first-order valence-corrected chi connectivity index (χ1v) is 8.33. The van der Waals surface area contributed by atoms with Crippen molar-refractivity contribution in [1.29, 1.82) is 0 Å². The van der Waals surface area contributed by atoms with Crippen molar-refractivity contribution in [1.82, 2.24) is 4.31 Å². The summed E-state index contributed by atoms with van der Waals surface area (Å²) in [6, 6.07) is 2.77. The predicted octanol–water partition coefficient (Wildman–Crippen LogP) is 1.09. The Balaban J connectivity index is 2.44. The molecule has 0 radical (unpaired) electrons. The number of benzene rings is 1. The first-order valence-electron chi connectivity index (χ1n) is 6.13. The number of nitrogens with zero attached hydrogens (tertiary/aromatic N) is 1. The van der Waals surface area contributed by atoms with E-state index < -0.39 is 16.1 Å². The van der Waals surface area contributed by atoms with Crippen LogP contribution in [0.3, 0.4) is 0 Å². The van der Waals surface area contributed by atoms with Crippen LogP contribution < -0.4 is 0 Å². The van der Waals surface area contributed by atoms with Crippen molar-refractivity contribution < 1.29 is 18.6 Å². The van der Waals surface area contributed by atoms with Gasteiger partial charge in [-0.25, -0.2) is 8.42 Å². The highest BCUT2D eigenvalue weighted by Gasteiger charge is 2.34. The zero-order chi connectivity index (χ0) is 15.6. The van der Waals surface area contributed by atoms with Crippen LogP contribution in [0.15, 0.2) is 17.0 Å². The van der Waals surface area contributed by atoms with E-state index in [4.69, 9.17) is 28.3 Å². The Morgan fingerprint density at radius 2 is 1.95 bits per heavy atom. The summed E-state index contributed by atoms with van der Waals surface area (Å²) in [5.41, 5.74) is 0.416. The number of hydrogen-bond acceptors (Lipinski definition) is 4. The molecule has 0 saturated carbocycles. The number of hydrogen-bond donors (Lipinski definition) is 2. The molecule has 1 aliphatic heterocycles. The molecule has 0 aromatic heterocycles. The van der Waals surface area contributed by atoms with Crippen molar-refractivity contribution in [2.75, 3.05) is 19.7 Å². The summed E-state index contributed by atoms with van der Waals surface area (Å²) >= 11 is 12.1. The second-order valence-electron chi connectivity index (χ2n) is 4.53. The van der Waals surface area contributed by atoms with Gasteiger partial charge in [0.05, 0.1) is 16.1 Å². The minimum absolute atomic E-state index is 0.0288. The molecule has 1 aromatic carbocycles. The molecule has 21 heavy (non-hydrogen) atoms. The highest BCUT2D eigenvalue weighted by Crippen LogP contribution is 2.34. The number of sulfonamides is 1. The molecule has 0 amide bonds. The van der Waals surface area contributed by atoms with Crippen LogP contribution in [-0.4, -0.2) is 48.7 Å². The Hall–Kier alpha value is -0.810. The lowest BCUT2D eigenvalue weighted by molar-refractivity contribution is 0.189. The standard InChI is InChI=1S/C13H13Cl2NO4S/c14-11-6-9(2-1-5-17)7-12(15)13(11)21(19,20)16-4-3-10(18)8-16/h6-7,10,17-18H,3-5,8H2. The van der Waals surface area contributed by atoms with Crippen molar-refractivity contribution >= 4 is 33.2 Å². The monoisotopic (exact) mass is 349 g/mol. The normalized spacial score (nSPS) is 19.3. The molecule has 0 aliphatic carbocycles. The number of aliphatic hydroxyl groups is 2. The molecule has 8 heteroatoms. The van der Waals surface area contributed by atoms with Gasteiger partial charge in [-0.1, -0.05) is 35.0 Å². The van der Waals surface area contributed by atoms with Crippen LogP contribution in [0.1, 0.15) is 12.0 Å². The number of aliphatic hydroxyl groups excluding tert-OH is 2. The van der Waals surface area contributed by atoms with Gasteiger partial charge in [0.2, 0.25) is 10.0 Å². The highest BCUT2D eigenvalue weighted by molar-refractivity contribution is 7.89. The topological polar surface area (TPSA) is 77.8 Å². The molecule has 1 unspecified atom stereocenters. The molecule has 5 nitrogen and oxygen atoms in total. The lowest BCUT2D eigenvalue weighted by atomic mass is 10.2. The van der Waals surface area contributed by atoms with Gasteiger partial charge in [-0.2, -0.15) is 4.31 Å². The molecular weight excluding hydrogens is 337 g/mol. The van der Waals surface area contributed by atoms with E-state index in [-0.39, 0.29) is 34.6 Å². The van der Waals surface area contributed by atoms with E-state index in [9.17, 15) is 13.5 Å². The fourth-order valence-corrected chi connectivity index (χ4v) is 4.73. The molecule has 1 heterocycles. The van der Waals surface area contributed by atoms with Gasteiger partial charge >= 0.3 is 0 Å². The van der Waals surface area contributed by atoms with Crippen molar-refractivity contribution in [3.8, 4) is 11.8 Å². The summed E-state index contributed by atoms with van der Waals surface area (Å²) in [6.07, 6.45) is -0.291. The van der Waals surface area contributed by atoms with Crippen molar-refractivity contribution in [3.63, 3.8) is 0 Å². The van der Waals surface area contributed by atoms with Gasteiger partial charge in [0.15, 0.2) is 0 Å². The van der Waals surface area contributed by atoms with Crippen LogP contribution in [0.25, 0.3) is 0 Å². The average Bonchev–Trinajstić information content (AvgIpc) is 2.82. The van der Waals surface area contributed by atoms with Gasteiger partial charge in [-0.15, -0.1) is 0 Å². The SMILES string of the molecule is O=S(=O)(c1c(Cl)cc(C#CCO)cc1Cl)N1CCC(O)C1. The van der Waals surface area contributed by atoms with Crippen LogP contribution in [-0.2, 0) is 10.0 Å². The lowest BCUT2D eigenvalue weighted by Crippen LogP contribution is -2.30. The van der Waals surface area contributed by atoms with Crippen LogP contribution >= 0.6 is 23.2 Å². The largest absolute Gasteiger partial charge is 0.392 e. The smallest absolute Gasteiger partial charge is 0.246 e. The molecular formula is C13H13Cl2NO4S. The third-order valence-electron chi connectivity index (χ3n) is 3.03. The van der Waals surface area contributed by atoms with Crippen LogP contribution in [0.2, 0.25) is 10.0 Å². The molecule has 1 saturated heterocycles. The van der Waals surface area contributed by atoms with E-state index in [0.717, 1.165) is 4.31 Å². The third-order valence-corrected chi connectivity index (χ3v) is 5.82. The zero-order valence-electron chi connectivity index (χ0n) is 10.9. The summed E-state index contributed by atoms with van der Waals surface area (Å²) in [5, 5.41) is 18.1. The Morgan fingerprint density at radius 1 is 1.33 bits per heavy atom. The van der Waals surface area contributed by atoms with Gasteiger partial charge in [0, 0.05) is 18.7 Å². The van der Waals surface area contributed by atoms with Crippen molar-refractivity contribution in [2.45, 2.75) is 17.4 Å². The summed E-state index contributed by atoms with van der Waals surface area (Å²) < 4.78 is 26.2. The molecule has 1 aromatic rings. The zero-order valence-corrected chi connectivity index (χ0v) is 13.2. The van der Waals surface area contributed by atoms with Crippen LogP contribution in [0.4, 0.5) is 0 Å². The maximum atomic E-state index is 12.5. The van der Waals surface area contributed by atoms with Gasteiger partial charge in [0.1, 0.15) is 11.5 Å². The predicted molar refractivity (Wildman–Crippen MR) is 79.8 cm³/mol.